The Morgan fingerprint density at radius 3 is 1.07 bits per heavy atom. The van der Waals surface area contributed by atoms with Crippen molar-refractivity contribution in [3.63, 3.8) is 0 Å². The summed E-state index contributed by atoms with van der Waals surface area (Å²) in [5.74, 6) is -3.98. The van der Waals surface area contributed by atoms with Crippen LogP contribution < -0.4 is 0 Å². The second kappa shape index (κ2) is 11.2. The van der Waals surface area contributed by atoms with E-state index >= 15 is 13.2 Å². The van der Waals surface area contributed by atoms with Gasteiger partial charge >= 0.3 is 0 Å². The first-order valence-electron chi connectivity index (χ1n) is 12.8. The Labute approximate surface area is 259 Å². The summed E-state index contributed by atoms with van der Waals surface area (Å²) in [7, 11) is 0. The molecule has 0 fully saturated rings. The molecule has 11 heteroatoms. The monoisotopic (exact) mass is 598 g/mol. The van der Waals surface area contributed by atoms with Gasteiger partial charge in [-0.3, -0.25) is 0 Å². The quantitative estimate of drug-likeness (QED) is 0.284. The third kappa shape index (κ3) is 4.17. The van der Waals surface area contributed by atoms with E-state index in [2.05, 4.69) is 0 Å². The Hall–Kier alpha value is -7.67. The number of hydrogen-bond acceptors (Lipinski definition) is 8. The van der Waals surface area contributed by atoms with Crippen LogP contribution in [0.25, 0.3) is 33.4 Å². The summed E-state index contributed by atoms with van der Waals surface area (Å²) in [5.41, 5.74) is -6.23. The zero-order chi connectivity index (χ0) is 33.4. The van der Waals surface area contributed by atoms with E-state index in [4.69, 9.17) is 0 Å². The van der Waals surface area contributed by atoms with Crippen molar-refractivity contribution in [3.05, 3.63) is 115 Å². The van der Waals surface area contributed by atoms with E-state index in [-0.39, 0.29) is 50.1 Å². The molecule has 0 aliphatic heterocycles. The minimum absolute atomic E-state index is 0.0486. The van der Waals surface area contributed by atoms with E-state index in [1.54, 1.807) is 12.1 Å². The van der Waals surface area contributed by atoms with Crippen LogP contribution >= 0.6 is 0 Å². The largest absolute Gasteiger partial charge is 0.206 e. The molecule has 3 aromatic rings. The molecular formula is C35H9F3N8. The number of rotatable bonds is 2. The summed E-state index contributed by atoms with van der Waals surface area (Å²) >= 11 is 0. The van der Waals surface area contributed by atoms with Gasteiger partial charge in [-0.25, -0.2) is 13.2 Å². The van der Waals surface area contributed by atoms with E-state index in [1.807, 2.05) is 36.4 Å². The van der Waals surface area contributed by atoms with E-state index in [0.29, 0.717) is 0 Å². The maximum Gasteiger partial charge on any atom is 0.150 e. The molecule has 0 N–H and O–H groups in total. The van der Waals surface area contributed by atoms with Crippen molar-refractivity contribution in [2.45, 2.75) is 6.92 Å². The highest BCUT2D eigenvalue weighted by Crippen LogP contribution is 2.55. The van der Waals surface area contributed by atoms with E-state index in [1.165, 1.54) is 43.3 Å². The molecule has 0 amide bonds. The standard InChI is InChI=1S/C35H9F3N8/c1-16-27-29(23(12-43)21-4-17(8-39)2-18(5-21)9-40)33(36)25(14-45)31(27)35(38)32-26(15-46)34(37)30(28(16)32)24(13-44)22-6-19(10-41)3-20(7-22)11-42/h2-7H,1H3/b29-23-,30-24-. The highest BCUT2D eigenvalue weighted by molar-refractivity contribution is 6.19. The summed E-state index contributed by atoms with van der Waals surface area (Å²) in [4.78, 5) is 0. The molecule has 5 rings (SSSR count). The first-order chi connectivity index (χ1) is 22.1. The lowest BCUT2D eigenvalue weighted by molar-refractivity contribution is 0.619. The molecular weight excluding hydrogens is 589 g/mol. The topological polar surface area (TPSA) is 190 Å². The molecule has 2 aliphatic rings. The molecule has 0 radical (unpaired) electrons. The van der Waals surface area contributed by atoms with Crippen LogP contribution in [-0.2, 0) is 0 Å². The van der Waals surface area contributed by atoms with Crippen molar-refractivity contribution in [3.8, 4) is 48.6 Å². The van der Waals surface area contributed by atoms with Gasteiger partial charge in [0.1, 0.15) is 30.1 Å². The lowest BCUT2D eigenvalue weighted by Crippen LogP contribution is -2.04. The molecule has 0 spiro atoms. The zero-order valence-electron chi connectivity index (χ0n) is 23.2. The normalized spacial score (nSPS) is 14.7. The van der Waals surface area contributed by atoms with Gasteiger partial charge in [-0.1, -0.05) is 0 Å². The number of halogens is 3. The average molecular weight is 599 g/mol. The predicted octanol–water partition coefficient (Wildman–Crippen LogP) is 6.93. The average Bonchev–Trinajstić information content (AvgIpc) is 3.54. The summed E-state index contributed by atoms with van der Waals surface area (Å²) in [6.45, 7) is 1.31. The van der Waals surface area contributed by atoms with Crippen molar-refractivity contribution >= 4 is 33.4 Å². The molecule has 2 aliphatic carbocycles. The van der Waals surface area contributed by atoms with Crippen LogP contribution in [0, 0.1) is 103 Å². The Kier molecular flexibility index (Phi) is 7.26. The zero-order valence-corrected chi connectivity index (χ0v) is 23.2. The maximum absolute atomic E-state index is 16.5. The van der Waals surface area contributed by atoms with Gasteiger partial charge in [0.2, 0.25) is 0 Å². The Morgan fingerprint density at radius 1 is 0.478 bits per heavy atom. The first kappa shape index (κ1) is 29.8. The lowest BCUT2D eigenvalue weighted by Gasteiger charge is -2.17. The molecule has 0 aromatic heterocycles. The third-order valence-corrected chi connectivity index (χ3v) is 7.47. The lowest BCUT2D eigenvalue weighted by atomic mass is 9.84. The van der Waals surface area contributed by atoms with Gasteiger partial charge in [0.05, 0.1) is 68.8 Å². The maximum atomic E-state index is 16.5. The second-order valence-corrected chi connectivity index (χ2v) is 9.81. The number of allylic oxidation sites excluding steroid dienone is 8. The van der Waals surface area contributed by atoms with Crippen LogP contribution in [-0.4, -0.2) is 0 Å². The fourth-order valence-electron chi connectivity index (χ4n) is 5.64. The Balaban J connectivity index is 1.99. The fraction of sp³-hybridized carbons (Fsp3) is 0.0286. The second-order valence-electron chi connectivity index (χ2n) is 9.81. The molecule has 46 heavy (non-hydrogen) atoms. The smallest absolute Gasteiger partial charge is 0.150 e. The van der Waals surface area contributed by atoms with Crippen LogP contribution in [0.2, 0.25) is 0 Å². The number of nitriles is 8. The van der Waals surface area contributed by atoms with Crippen molar-refractivity contribution < 1.29 is 13.2 Å². The highest BCUT2D eigenvalue weighted by Gasteiger charge is 2.42. The van der Waals surface area contributed by atoms with Crippen molar-refractivity contribution in [1.29, 1.82) is 42.1 Å². The summed E-state index contributed by atoms with van der Waals surface area (Å²) in [5, 5.41) is 78.0. The van der Waals surface area contributed by atoms with Crippen molar-refractivity contribution in [2.75, 3.05) is 0 Å². The van der Waals surface area contributed by atoms with Crippen LogP contribution in [0.3, 0.4) is 0 Å². The van der Waals surface area contributed by atoms with E-state index < -0.39 is 62.0 Å². The molecule has 0 heterocycles. The molecule has 210 valence electrons. The molecule has 0 bridgehead atoms. The van der Waals surface area contributed by atoms with Crippen LogP contribution in [0.1, 0.15) is 61.2 Å². The van der Waals surface area contributed by atoms with Gasteiger partial charge in [0.25, 0.3) is 0 Å². The molecule has 3 aromatic carbocycles. The predicted molar refractivity (Wildman–Crippen MR) is 155 cm³/mol. The van der Waals surface area contributed by atoms with Crippen LogP contribution in [0.15, 0.2) is 48.1 Å². The fourth-order valence-corrected chi connectivity index (χ4v) is 5.64. The molecule has 0 saturated carbocycles. The minimum Gasteiger partial charge on any atom is -0.206 e. The van der Waals surface area contributed by atoms with Gasteiger partial charge in [-0.05, 0) is 60.0 Å². The Bertz CT molecular complexity index is 2260. The highest BCUT2D eigenvalue weighted by atomic mass is 19.1. The first-order valence-corrected chi connectivity index (χ1v) is 12.8. The number of benzene rings is 3. The van der Waals surface area contributed by atoms with E-state index in [9.17, 15) is 42.1 Å². The summed E-state index contributed by atoms with van der Waals surface area (Å²) in [6, 6.07) is 21.4. The van der Waals surface area contributed by atoms with Gasteiger partial charge in [0, 0.05) is 33.4 Å². The minimum atomic E-state index is -1.36. The van der Waals surface area contributed by atoms with Gasteiger partial charge in [-0.15, -0.1) is 0 Å². The summed E-state index contributed by atoms with van der Waals surface area (Å²) < 4.78 is 48.9. The molecule has 0 atom stereocenters. The molecule has 8 nitrogen and oxygen atoms in total. The van der Waals surface area contributed by atoms with Crippen molar-refractivity contribution in [2.24, 2.45) is 0 Å². The van der Waals surface area contributed by atoms with Crippen LogP contribution in [0.5, 0.6) is 0 Å². The van der Waals surface area contributed by atoms with Crippen molar-refractivity contribution in [1.82, 2.24) is 0 Å². The molecule has 0 saturated heterocycles. The SMILES string of the molecule is Cc1c2c(c(F)c3c1/C(=C(\C#N)c1cc(C#N)cc(C#N)c1)C(F)=C3C#N)C(C#N)=C(F)/C2=C(/C#N)c1cc(C#N)cc(C#N)c1. The van der Waals surface area contributed by atoms with Gasteiger partial charge in [-0.2, -0.15) is 42.1 Å². The van der Waals surface area contributed by atoms with Gasteiger partial charge in [0.15, 0.2) is 11.7 Å². The third-order valence-electron chi connectivity index (χ3n) is 7.47. The molecule has 0 unspecified atom stereocenters. The van der Waals surface area contributed by atoms with Crippen LogP contribution in [0.4, 0.5) is 13.2 Å². The number of nitrogens with zero attached hydrogens (tertiary/aromatic N) is 8. The summed E-state index contributed by atoms with van der Waals surface area (Å²) in [6.07, 6.45) is 0. The Morgan fingerprint density at radius 2 is 0.804 bits per heavy atom. The number of fused-ring (bicyclic) bond motifs is 2. The van der Waals surface area contributed by atoms with E-state index in [0.717, 1.165) is 0 Å². The van der Waals surface area contributed by atoms with Gasteiger partial charge < -0.3 is 0 Å². The number of hydrogen-bond donors (Lipinski definition) is 0.